The van der Waals surface area contributed by atoms with Crippen LogP contribution in [0.4, 0.5) is 0 Å². The molecule has 0 atom stereocenters. The molecule has 38 heavy (non-hydrogen) atoms. The van der Waals surface area contributed by atoms with Crippen molar-refractivity contribution in [3.63, 3.8) is 0 Å². The highest BCUT2D eigenvalue weighted by Crippen LogP contribution is 2.36. The Labute approximate surface area is 264 Å². The Balaban J connectivity index is 1.74. The normalized spacial score (nSPS) is 11.2. The van der Waals surface area contributed by atoms with Crippen LogP contribution in [0.2, 0.25) is 0 Å². The van der Waals surface area contributed by atoms with Crippen LogP contribution in [0.25, 0.3) is 0 Å². The molecule has 7 heteroatoms. The van der Waals surface area contributed by atoms with Gasteiger partial charge in [-0.15, -0.1) is 0 Å². The summed E-state index contributed by atoms with van der Waals surface area (Å²) < 4.78 is 2.37. The Bertz CT molecular complexity index is 1540. The van der Waals surface area contributed by atoms with Gasteiger partial charge in [-0.25, -0.2) is 0 Å². The lowest BCUT2D eigenvalue weighted by Crippen LogP contribution is -2.05. The smallest absolute Gasteiger partial charge is 0.142 e. The van der Waals surface area contributed by atoms with E-state index in [9.17, 15) is 20.4 Å². The molecule has 0 unspecified atom stereocenters. The van der Waals surface area contributed by atoms with E-state index in [1.165, 1.54) is 0 Å². The van der Waals surface area contributed by atoms with Crippen molar-refractivity contribution in [2.24, 2.45) is 0 Å². The van der Waals surface area contributed by atoms with Crippen LogP contribution in [0.3, 0.4) is 0 Å². The van der Waals surface area contributed by atoms with E-state index >= 15 is 0 Å². The third-order valence-corrected chi connectivity index (χ3v) is 9.71. The number of aromatic hydroxyl groups is 4. The van der Waals surface area contributed by atoms with Crippen molar-refractivity contribution in [2.45, 2.75) is 47.0 Å². The van der Waals surface area contributed by atoms with Gasteiger partial charge >= 0.3 is 0 Å². The maximum atomic E-state index is 11.0. The van der Waals surface area contributed by atoms with Gasteiger partial charge < -0.3 is 20.4 Å². The second-order valence-electron chi connectivity index (χ2n) is 9.83. The number of rotatable bonds is 6. The molecule has 0 saturated heterocycles. The molecule has 4 rings (SSSR count). The Kier molecular flexibility index (Phi) is 9.08. The second kappa shape index (κ2) is 11.8. The lowest BCUT2D eigenvalue weighted by Gasteiger charge is -2.20. The van der Waals surface area contributed by atoms with Gasteiger partial charge in [0.25, 0.3) is 0 Å². The minimum absolute atomic E-state index is 0.255. The zero-order valence-electron chi connectivity index (χ0n) is 21.6. The van der Waals surface area contributed by atoms with Gasteiger partial charge in [-0.05, 0) is 171 Å². The number of halogens is 3. The maximum Gasteiger partial charge on any atom is 0.142 e. The molecular formula is C31H29I3O4. The van der Waals surface area contributed by atoms with Crippen molar-refractivity contribution in [3.05, 3.63) is 109 Å². The molecule has 4 aromatic rings. The summed E-state index contributed by atoms with van der Waals surface area (Å²) in [5.74, 6) is 1.17. The lowest BCUT2D eigenvalue weighted by molar-refractivity contribution is 0.463. The molecule has 0 aromatic heterocycles. The van der Waals surface area contributed by atoms with Crippen LogP contribution in [0, 0.1) is 38.4 Å². The quantitative estimate of drug-likeness (QED) is 0.147. The van der Waals surface area contributed by atoms with Crippen LogP contribution in [0.15, 0.2) is 42.5 Å². The fraction of sp³-hybridized carbons (Fsp3) is 0.226. The largest absolute Gasteiger partial charge is 0.507 e. The van der Waals surface area contributed by atoms with Crippen LogP contribution in [0.1, 0.15) is 55.6 Å². The third-order valence-electron chi connectivity index (χ3n) is 7.20. The first-order valence-corrected chi connectivity index (χ1v) is 15.4. The topological polar surface area (TPSA) is 80.9 Å². The Hall–Kier alpha value is -1.73. The Morgan fingerprint density at radius 3 is 1.45 bits per heavy atom. The number of aryl methyl sites for hydroxylation is 2. The monoisotopic (exact) mass is 846 g/mol. The Morgan fingerprint density at radius 1 is 0.526 bits per heavy atom. The first kappa shape index (κ1) is 29.3. The predicted molar refractivity (Wildman–Crippen MR) is 178 cm³/mol. The van der Waals surface area contributed by atoms with Crippen molar-refractivity contribution < 1.29 is 20.4 Å². The van der Waals surface area contributed by atoms with Gasteiger partial charge in [-0.3, -0.25) is 0 Å². The van der Waals surface area contributed by atoms with Gasteiger partial charge in [0.15, 0.2) is 0 Å². The summed E-state index contributed by atoms with van der Waals surface area (Å²) in [6, 6.07) is 13.6. The number of hydrogen-bond donors (Lipinski definition) is 4. The summed E-state index contributed by atoms with van der Waals surface area (Å²) in [6.07, 6.45) is 1.81. The third kappa shape index (κ3) is 6.04. The Morgan fingerprint density at radius 2 is 0.974 bits per heavy atom. The van der Waals surface area contributed by atoms with E-state index in [1.54, 1.807) is 6.07 Å². The van der Waals surface area contributed by atoms with E-state index in [0.29, 0.717) is 30.8 Å². The zero-order chi connectivity index (χ0) is 27.9. The minimum Gasteiger partial charge on any atom is -0.507 e. The standard InChI is InChI=1S/C31H29I3O4/c1-15-7-21(17(3)23(29(15)36)9-19-5-6-28(35)25(32)11-19)14-22-8-16(2)30(37)24(18(22)4)10-20-12-26(33)31(38)27(34)13-20/h5-8,11-13,35-38H,9-10,14H2,1-4H3. The molecule has 0 fully saturated rings. The number of phenolic OH excluding ortho intramolecular Hbond substituents is 4. The predicted octanol–water partition coefficient (Wildman–Crippen LogP) is 8.33. The molecule has 0 heterocycles. The van der Waals surface area contributed by atoms with Crippen molar-refractivity contribution in [1.82, 2.24) is 0 Å². The van der Waals surface area contributed by atoms with Gasteiger partial charge in [-0.1, -0.05) is 18.2 Å². The van der Waals surface area contributed by atoms with Gasteiger partial charge in [0, 0.05) is 24.0 Å². The van der Waals surface area contributed by atoms with Gasteiger partial charge in [0.05, 0.1) is 10.7 Å². The molecule has 4 nitrogen and oxygen atoms in total. The molecule has 0 bridgehead atoms. The van der Waals surface area contributed by atoms with Crippen LogP contribution >= 0.6 is 67.8 Å². The molecule has 0 amide bonds. The van der Waals surface area contributed by atoms with E-state index in [2.05, 4.69) is 93.8 Å². The molecule has 0 saturated carbocycles. The minimum atomic E-state index is 0.255. The molecule has 4 aromatic carbocycles. The van der Waals surface area contributed by atoms with Gasteiger partial charge in [-0.2, -0.15) is 0 Å². The fourth-order valence-electron chi connectivity index (χ4n) is 4.89. The van der Waals surface area contributed by atoms with Crippen LogP contribution < -0.4 is 0 Å². The van der Waals surface area contributed by atoms with E-state index in [4.69, 9.17) is 0 Å². The number of benzene rings is 4. The molecule has 0 radical (unpaired) electrons. The van der Waals surface area contributed by atoms with Crippen molar-refractivity contribution in [1.29, 1.82) is 0 Å². The van der Waals surface area contributed by atoms with E-state index in [1.807, 2.05) is 38.1 Å². The first-order valence-electron chi connectivity index (χ1n) is 12.1. The van der Waals surface area contributed by atoms with Gasteiger partial charge in [0.2, 0.25) is 0 Å². The average Bonchev–Trinajstić information content (AvgIpc) is 2.86. The second-order valence-corrected chi connectivity index (χ2v) is 13.3. The van der Waals surface area contributed by atoms with E-state index in [0.717, 1.165) is 66.3 Å². The summed E-state index contributed by atoms with van der Waals surface area (Å²) in [6.45, 7) is 7.97. The summed E-state index contributed by atoms with van der Waals surface area (Å²) in [7, 11) is 0. The van der Waals surface area contributed by atoms with E-state index < -0.39 is 0 Å². The molecule has 0 aliphatic heterocycles. The first-order chi connectivity index (χ1) is 17.9. The van der Waals surface area contributed by atoms with Crippen molar-refractivity contribution >= 4 is 67.8 Å². The van der Waals surface area contributed by atoms with Crippen molar-refractivity contribution in [3.8, 4) is 23.0 Å². The molecule has 0 spiro atoms. The van der Waals surface area contributed by atoms with Crippen molar-refractivity contribution in [2.75, 3.05) is 0 Å². The molecular weight excluding hydrogens is 817 g/mol. The maximum absolute atomic E-state index is 11.0. The van der Waals surface area contributed by atoms with Crippen LogP contribution in [-0.4, -0.2) is 20.4 Å². The zero-order valence-corrected chi connectivity index (χ0v) is 28.1. The molecule has 198 valence electrons. The molecule has 0 aliphatic carbocycles. The SMILES string of the molecule is Cc1cc(Cc2cc(C)c(O)c(Cc3cc(I)c(O)c(I)c3)c2C)c(C)c(Cc2ccc(O)c(I)c2)c1O. The number of phenols is 4. The average molecular weight is 846 g/mol. The summed E-state index contributed by atoms with van der Waals surface area (Å²) in [5, 5.41) is 42.0. The van der Waals surface area contributed by atoms with Crippen LogP contribution in [-0.2, 0) is 19.3 Å². The highest BCUT2D eigenvalue weighted by molar-refractivity contribution is 14.1. The van der Waals surface area contributed by atoms with Crippen LogP contribution in [0.5, 0.6) is 23.0 Å². The summed E-state index contributed by atoms with van der Waals surface area (Å²) in [5.41, 5.74) is 9.87. The molecule has 0 aliphatic rings. The fourth-order valence-corrected chi connectivity index (χ4v) is 7.37. The highest BCUT2D eigenvalue weighted by Gasteiger charge is 2.19. The molecule has 4 N–H and O–H groups in total. The number of hydrogen-bond acceptors (Lipinski definition) is 4. The van der Waals surface area contributed by atoms with E-state index in [-0.39, 0.29) is 11.5 Å². The van der Waals surface area contributed by atoms with Gasteiger partial charge in [0.1, 0.15) is 23.0 Å². The summed E-state index contributed by atoms with van der Waals surface area (Å²) >= 11 is 6.39. The lowest BCUT2D eigenvalue weighted by atomic mass is 9.87. The summed E-state index contributed by atoms with van der Waals surface area (Å²) in [4.78, 5) is 0. The highest BCUT2D eigenvalue weighted by atomic mass is 127.